The van der Waals surface area contributed by atoms with E-state index in [1.807, 2.05) is 12.1 Å². The largest absolute Gasteiger partial charge is 0.389 e. The second-order valence-corrected chi connectivity index (χ2v) is 6.68. The Balaban J connectivity index is 2.16. The zero-order valence-corrected chi connectivity index (χ0v) is 14.3. The number of hydrogen-bond donors (Lipinski definition) is 1. The van der Waals surface area contributed by atoms with E-state index in [9.17, 15) is 0 Å². The highest BCUT2D eigenvalue weighted by atomic mass is 79.9. The minimum Gasteiger partial charge on any atom is -0.389 e. The maximum absolute atomic E-state index is 5.94. The molecule has 0 bridgehead atoms. The number of nitrogens with zero attached hydrogens (tertiary/aromatic N) is 1. The molecule has 2 nitrogen and oxygen atoms in total. The van der Waals surface area contributed by atoms with Crippen molar-refractivity contribution in [2.24, 2.45) is 5.73 Å². The van der Waals surface area contributed by atoms with E-state index in [1.54, 1.807) is 0 Å². The number of aryl methyl sites for hydroxylation is 2. The van der Waals surface area contributed by atoms with Crippen molar-refractivity contribution in [2.75, 3.05) is 11.4 Å². The summed E-state index contributed by atoms with van der Waals surface area (Å²) in [7, 11) is 0. The van der Waals surface area contributed by atoms with E-state index in [0.29, 0.717) is 4.99 Å². The van der Waals surface area contributed by atoms with E-state index in [-0.39, 0.29) is 0 Å². The van der Waals surface area contributed by atoms with Gasteiger partial charge in [-0.2, -0.15) is 0 Å². The van der Waals surface area contributed by atoms with Gasteiger partial charge in [-0.05, 0) is 59.5 Å². The summed E-state index contributed by atoms with van der Waals surface area (Å²) >= 11 is 8.82. The van der Waals surface area contributed by atoms with Gasteiger partial charge in [-0.15, -0.1) is 0 Å². The monoisotopic (exact) mass is 360 g/mol. The highest BCUT2D eigenvalue weighted by Gasteiger charge is 2.22. The molecule has 0 saturated heterocycles. The topological polar surface area (TPSA) is 29.3 Å². The third kappa shape index (κ3) is 2.70. The Labute approximate surface area is 139 Å². The van der Waals surface area contributed by atoms with E-state index >= 15 is 0 Å². The molecule has 2 aromatic carbocycles. The van der Waals surface area contributed by atoms with Gasteiger partial charge in [0.15, 0.2) is 0 Å². The summed E-state index contributed by atoms with van der Waals surface area (Å²) in [4.78, 5) is 2.76. The highest BCUT2D eigenvalue weighted by Crippen LogP contribution is 2.37. The van der Waals surface area contributed by atoms with Gasteiger partial charge in [0.05, 0.1) is 5.69 Å². The maximum atomic E-state index is 5.94. The molecule has 0 aromatic heterocycles. The summed E-state index contributed by atoms with van der Waals surface area (Å²) < 4.78 is 0.951. The van der Waals surface area contributed by atoms with Crippen LogP contribution in [-0.4, -0.2) is 11.5 Å². The summed E-state index contributed by atoms with van der Waals surface area (Å²) in [6.45, 7) is 3.13. The number of fused-ring (bicyclic) bond motifs is 1. The molecule has 0 unspecified atom stereocenters. The van der Waals surface area contributed by atoms with Gasteiger partial charge >= 0.3 is 0 Å². The molecule has 1 heterocycles. The molecule has 1 aliphatic rings. The van der Waals surface area contributed by atoms with Crippen molar-refractivity contribution in [3.63, 3.8) is 0 Å². The van der Waals surface area contributed by atoms with Crippen LogP contribution in [-0.2, 0) is 6.42 Å². The number of benzene rings is 2. The van der Waals surface area contributed by atoms with Gasteiger partial charge < -0.3 is 10.6 Å². The van der Waals surface area contributed by atoms with Crippen molar-refractivity contribution in [1.82, 2.24) is 0 Å². The minimum atomic E-state index is 0.428. The fraction of sp³-hybridized carbons (Fsp3) is 0.235. The minimum absolute atomic E-state index is 0.428. The lowest BCUT2D eigenvalue weighted by Crippen LogP contribution is -2.27. The van der Waals surface area contributed by atoms with Gasteiger partial charge in [-0.3, -0.25) is 0 Å². The van der Waals surface area contributed by atoms with Crippen LogP contribution in [0.2, 0.25) is 0 Å². The summed E-state index contributed by atoms with van der Waals surface area (Å²) in [5, 5.41) is 0. The van der Waals surface area contributed by atoms with Crippen molar-refractivity contribution < 1.29 is 0 Å². The third-order valence-corrected chi connectivity index (χ3v) is 4.75. The van der Waals surface area contributed by atoms with E-state index in [2.05, 4.69) is 52.0 Å². The molecule has 2 aromatic rings. The first-order valence-corrected chi connectivity index (χ1v) is 8.23. The number of hydrogen-bond acceptors (Lipinski definition) is 2. The van der Waals surface area contributed by atoms with Crippen molar-refractivity contribution in [3.8, 4) is 0 Å². The Bertz CT molecular complexity index is 712. The molecular formula is C17H17BrN2S. The molecule has 1 aliphatic heterocycles. The van der Waals surface area contributed by atoms with Crippen LogP contribution in [0.1, 0.15) is 23.1 Å². The van der Waals surface area contributed by atoms with Gasteiger partial charge in [-0.25, -0.2) is 0 Å². The van der Waals surface area contributed by atoms with Gasteiger partial charge in [-0.1, -0.05) is 36.0 Å². The van der Waals surface area contributed by atoms with Crippen LogP contribution in [0.25, 0.3) is 0 Å². The SMILES string of the molecule is Cc1ccc2c(c1)CCCN2c1cccc(Br)c1C(N)=S. The summed E-state index contributed by atoms with van der Waals surface area (Å²) in [5.74, 6) is 0. The first kappa shape index (κ1) is 14.5. The zero-order valence-electron chi connectivity index (χ0n) is 11.9. The number of thiocarbonyl (C=S) groups is 1. The average molecular weight is 361 g/mol. The second kappa shape index (κ2) is 5.78. The lowest BCUT2D eigenvalue weighted by atomic mass is 9.98. The first-order chi connectivity index (χ1) is 10.1. The van der Waals surface area contributed by atoms with Crippen molar-refractivity contribution >= 4 is 44.5 Å². The van der Waals surface area contributed by atoms with Crippen LogP contribution in [0.15, 0.2) is 40.9 Å². The molecule has 108 valence electrons. The Morgan fingerprint density at radius 1 is 1.24 bits per heavy atom. The van der Waals surface area contributed by atoms with Crippen LogP contribution >= 0.6 is 28.1 Å². The predicted molar refractivity (Wildman–Crippen MR) is 96.5 cm³/mol. The van der Waals surface area contributed by atoms with E-state index in [4.69, 9.17) is 18.0 Å². The fourth-order valence-electron chi connectivity index (χ4n) is 2.96. The predicted octanol–water partition coefficient (Wildman–Crippen LogP) is 4.48. The number of rotatable bonds is 2. The molecule has 2 N–H and O–H groups in total. The van der Waals surface area contributed by atoms with E-state index < -0.39 is 0 Å². The van der Waals surface area contributed by atoms with E-state index in [0.717, 1.165) is 35.1 Å². The molecule has 0 saturated carbocycles. The average Bonchev–Trinajstić information content (AvgIpc) is 2.45. The molecule has 0 amide bonds. The van der Waals surface area contributed by atoms with Crippen LogP contribution in [0, 0.1) is 6.92 Å². The van der Waals surface area contributed by atoms with Crippen LogP contribution in [0.5, 0.6) is 0 Å². The highest BCUT2D eigenvalue weighted by molar-refractivity contribution is 9.10. The summed E-state index contributed by atoms with van der Waals surface area (Å²) in [6.07, 6.45) is 2.27. The van der Waals surface area contributed by atoms with Gasteiger partial charge in [0, 0.05) is 22.3 Å². The van der Waals surface area contributed by atoms with Crippen LogP contribution < -0.4 is 10.6 Å². The maximum Gasteiger partial charge on any atom is 0.107 e. The molecule has 0 fully saturated rings. The smallest absolute Gasteiger partial charge is 0.107 e. The number of anilines is 2. The Hall–Kier alpha value is -1.39. The van der Waals surface area contributed by atoms with Gasteiger partial charge in [0.25, 0.3) is 0 Å². The quantitative estimate of drug-likeness (QED) is 0.800. The fourth-order valence-corrected chi connectivity index (χ4v) is 3.87. The van der Waals surface area contributed by atoms with Crippen LogP contribution in [0.3, 0.4) is 0 Å². The van der Waals surface area contributed by atoms with Crippen molar-refractivity contribution in [1.29, 1.82) is 0 Å². The Morgan fingerprint density at radius 3 is 2.81 bits per heavy atom. The standard InChI is InChI=1S/C17H17BrN2S/c1-11-7-8-14-12(10-11)4-3-9-20(14)15-6-2-5-13(18)16(15)17(19)21/h2,5-8,10H,3-4,9H2,1H3,(H2,19,21). The van der Waals surface area contributed by atoms with Crippen molar-refractivity contribution in [2.45, 2.75) is 19.8 Å². The molecule has 0 radical (unpaired) electrons. The van der Waals surface area contributed by atoms with Gasteiger partial charge in [0.2, 0.25) is 0 Å². The molecule has 0 atom stereocenters. The zero-order chi connectivity index (χ0) is 15.0. The summed E-state index contributed by atoms with van der Waals surface area (Å²) in [6, 6.07) is 12.7. The van der Waals surface area contributed by atoms with Gasteiger partial charge in [0.1, 0.15) is 4.99 Å². The lowest BCUT2D eigenvalue weighted by Gasteiger charge is -2.33. The molecule has 21 heavy (non-hydrogen) atoms. The number of halogens is 1. The molecule has 4 heteroatoms. The molecule has 0 spiro atoms. The summed E-state index contributed by atoms with van der Waals surface area (Å²) in [5.41, 5.74) is 11.9. The number of nitrogens with two attached hydrogens (primary N) is 1. The lowest BCUT2D eigenvalue weighted by molar-refractivity contribution is 0.765. The van der Waals surface area contributed by atoms with Crippen LogP contribution in [0.4, 0.5) is 11.4 Å². The van der Waals surface area contributed by atoms with Crippen molar-refractivity contribution in [3.05, 3.63) is 57.6 Å². The Morgan fingerprint density at radius 2 is 2.05 bits per heavy atom. The second-order valence-electron chi connectivity index (χ2n) is 5.39. The van der Waals surface area contributed by atoms with E-state index in [1.165, 1.54) is 16.8 Å². The molecule has 0 aliphatic carbocycles. The normalized spacial score (nSPS) is 13.9. The third-order valence-electron chi connectivity index (χ3n) is 3.88. The molecular weight excluding hydrogens is 344 g/mol. The first-order valence-electron chi connectivity index (χ1n) is 7.03. The Kier molecular flexibility index (Phi) is 4.00. The molecule has 3 rings (SSSR count).